The lowest BCUT2D eigenvalue weighted by atomic mass is 9.92. The van der Waals surface area contributed by atoms with Gasteiger partial charge in [-0.25, -0.2) is 8.78 Å². The van der Waals surface area contributed by atoms with Crippen LogP contribution in [0.5, 0.6) is 0 Å². The molecule has 0 fully saturated rings. The van der Waals surface area contributed by atoms with Crippen LogP contribution in [0.2, 0.25) is 0 Å². The zero-order valence-corrected chi connectivity index (χ0v) is 12.6. The number of aromatic nitrogens is 1. The summed E-state index contributed by atoms with van der Waals surface area (Å²) < 4.78 is 28.4. The van der Waals surface area contributed by atoms with Gasteiger partial charge in [-0.1, -0.05) is 0 Å². The summed E-state index contributed by atoms with van der Waals surface area (Å²) in [4.78, 5) is 13.8. The number of nitrogens with zero attached hydrogens (tertiary/aromatic N) is 2. The van der Waals surface area contributed by atoms with E-state index in [4.69, 9.17) is 0 Å². The highest BCUT2D eigenvalue weighted by Crippen LogP contribution is 2.38. The Bertz CT molecular complexity index is 768. The normalized spacial score (nSPS) is 14.3. The number of hydrogen-bond acceptors (Lipinski definition) is 2. The van der Waals surface area contributed by atoms with Crippen molar-refractivity contribution < 1.29 is 8.78 Å². The predicted octanol–water partition coefficient (Wildman–Crippen LogP) is 3.37. The third-order valence-corrected chi connectivity index (χ3v) is 4.25. The van der Waals surface area contributed by atoms with Gasteiger partial charge < -0.3 is 9.47 Å². The summed E-state index contributed by atoms with van der Waals surface area (Å²) in [5, 5.41) is 0. The number of fused-ring (bicyclic) bond motifs is 1. The Labute approximate surface area is 127 Å². The smallest absolute Gasteiger partial charge is 0.264 e. The first-order valence-electron chi connectivity index (χ1n) is 7.30. The number of rotatable bonds is 2. The summed E-state index contributed by atoms with van der Waals surface area (Å²) in [5.74, 6) is 0. The molecule has 0 radical (unpaired) electrons. The van der Waals surface area contributed by atoms with Crippen molar-refractivity contribution in [1.29, 1.82) is 0 Å². The lowest BCUT2D eigenvalue weighted by Crippen LogP contribution is -2.25. The predicted molar refractivity (Wildman–Crippen MR) is 83.7 cm³/mol. The fraction of sp³-hybridized carbons (Fsp3) is 0.353. The molecule has 0 atom stereocenters. The molecule has 0 saturated heterocycles. The average Bonchev–Trinajstić information content (AvgIpc) is 2.49. The number of hydrogen-bond donors (Lipinski definition) is 0. The topological polar surface area (TPSA) is 25.2 Å². The standard InChI is InChI=1S/C17H18F2N2O/c1-20-6-3-4-12-8-13(14(17(18)19)10-15(12)20)11-5-7-21(2)16(22)9-11/h5,7-10,17H,3-4,6H2,1-2H3. The minimum atomic E-state index is -2.57. The third kappa shape index (κ3) is 2.51. The van der Waals surface area contributed by atoms with E-state index in [0.29, 0.717) is 11.1 Å². The zero-order chi connectivity index (χ0) is 15.9. The molecule has 0 aliphatic carbocycles. The van der Waals surface area contributed by atoms with Crippen LogP contribution in [0.4, 0.5) is 14.5 Å². The molecule has 1 aromatic heterocycles. The summed E-state index contributed by atoms with van der Waals surface area (Å²) in [6.07, 6.45) is 0.923. The summed E-state index contributed by atoms with van der Waals surface area (Å²) in [5.41, 5.74) is 2.73. The van der Waals surface area contributed by atoms with E-state index < -0.39 is 6.43 Å². The van der Waals surface area contributed by atoms with E-state index in [1.165, 1.54) is 10.6 Å². The summed E-state index contributed by atoms with van der Waals surface area (Å²) >= 11 is 0. The second-order valence-electron chi connectivity index (χ2n) is 5.76. The molecule has 0 spiro atoms. The van der Waals surface area contributed by atoms with Gasteiger partial charge in [0.1, 0.15) is 0 Å². The summed E-state index contributed by atoms with van der Waals surface area (Å²) in [7, 11) is 3.56. The highest BCUT2D eigenvalue weighted by Gasteiger charge is 2.21. The molecule has 0 saturated carbocycles. The fourth-order valence-electron chi connectivity index (χ4n) is 2.98. The molecule has 1 aliphatic heterocycles. The van der Waals surface area contributed by atoms with Crippen molar-refractivity contribution in [3.63, 3.8) is 0 Å². The van der Waals surface area contributed by atoms with Gasteiger partial charge in [0.15, 0.2) is 0 Å². The number of pyridine rings is 1. The Hall–Kier alpha value is -2.17. The fourth-order valence-corrected chi connectivity index (χ4v) is 2.98. The van der Waals surface area contributed by atoms with Crippen molar-refractivity contribution in [3.8, 4) is 11.1 Å². The number of alkyl halides is 2. The maximum atomic E-state index is 13.5. The Balaban J connectivity index is 2.21. The van der Waals surface area contributed by atoms with Crippen LogP contribution in [0.1, 0.15) is 24.0 Å². The molecule has 0 amide bonds. The molecular formula is C17H18F2N2O. The van der Waals surface area contributed by atoms with Crippen molar-refractivity contribution >= 4 is 5.69 Å². The molecule has 5 heteroatoms. The Morgan fingerprint density at radius 1 is 1.18 bits per heavy atom. The molecule has 2 aromatic rings. The first-order chi connectivity index (χ1) is 10.5. The number of aryl methyl sites for hydroxylation is 2. The highest BCUT2D eigenvalue weighted by atomic mass is 19.3. The molecule has 0 bridgehead atoms. The molecule has 22 heavy (non-hydrogen) atoms. The zero-order valence-electron chi connectivity index (χ0n) is 12.6. The largest absolute Gasteiger partial charge is 0.374 e. The van der Waals surface area contributed by atoms with Crippen LogP contribution >= 0.6 is 0 Å². The van der Waals surface area contributed by atoms with Crippen LogP contribution < -0.4 is 10.5 Å². The number of benzene rings is 1. The first kappa shape index (κ1) is 14.8. The van der Waals surface area contributed by atoms with E-state index in [0.717, 1.165) is 30.6 Å². The van der Waals surface area contributed by atoms with Crippen LogP contribution in [-0.4, -0.2) is 18.2 Å². The van der Waals surface area contributed by atoms with E-state index in [-0.39, 0.29) is 11.1 Å². The highest BCUT2D eigenvalue weighted by molar-refractivity contribution is 5.73. The summed E-state index contributed by atoms with van der Waals surface area (Å²) in [6.45, 7) is 0.876. The first-order valence-corrected chi connectivity index (χ1v) is 7.30. The SMILES string of the molecule is CN1CCCc2cc(-c3ccn(C)c(=O)c3)c(C(F)F)cc21. The van der Waals surface area contributed by atoms with E-state index in [1.807, 2.05) is 18.0 Å². The van der Waals surface area contributed by atoms with Gasteiger partial charge in [-0.3, -0.25) is 4.79 Å². The maximum Gasteiger partial charge on any atom is 0.264 e. The van der Waals surface area contributed by atoms with Gasteiger partial charge in [0.05, 0.1) is 0 Å². The molecule has 0 N–H and O–H groups in total. The maximum absolute atomic E-state index is 13.5. The monoisotopic (exact) mass is 304 g/mol. The molecule has 1 aliphatic rings. The molecular weight excluding hydrogens is 286 g/mol. The van der Waals surface area contributed by atoms with Crippen molar-refractivity contribution in [1.82, 2.24) is 4.57 Å². The molecule has 3 nitrogen and oxygen atoms in total. The van der Waals surface area contributed by atoms with E-state index in [2.05, 4.69) is 0 Å². The molecule has 2 heterocycles. The van der Waals surface area contributed by atoms with Gasteiger partial charge in [0.2, 0.25) is 0 Å². The van der Waals surface area contributed by atoms with Crippen molar-refractivity contribution in [2.45, 2.75) is 19.3 Å². The second-order valence-corrected chi connectivity index (χ2v) is 5.76. The van der Waals surface area contributed by atoms with Gasteiger partial charge >= 0.3 is 0 Å². The Morgan fingerprint density at radius 3 is 2.64 bits per heavy atom. The third-order valence-electron chi connectivity index (χ3n) is 4.25. The van der Waals surface area contributed by atoms with Crippen molar-refractivity contribution in [3.05, 3.63) is 51.9 Å². The van der Waals surface area contributed by atoms with Gasteiger partial charge in [-0.2, -0.15) is 0 Å². The minimum absolute atomic E-state index is 0.0132. The van der Waals surface area contributed by atoms with Crippen molar-refractivity contribution in [2.75, 3.05) is 18.5 Å². The summed E-state index contributed by atoms with van der Waals surface area (Å²) in [6, 6.07) is 6.52. The van der Waals surface area contributed by atoms with Gasteiger partial charge in [-0.05, 0) is 47.7 Å². The molecule has 3 rings (SSSR count). The van der Waals surface area contributed by atoms with Crippen LogP contribution in [0.3, 0.4) is 0 Å². The number of anilines is 1. The van der Waals surface area contributed by atoms with Crippen LogP contribution in [0.15, 0.2) is 35.3 Å². The van der Waals surface area contributed by atoms with Gasteiger partial charge in [0.25, 0.3) is 12.0 Å². The molecule has 0 unspecified atom stereocenters. The van der Waals surface area contributed by atoms with Crippen LogP contribution in [-0.2, 0) is 13.5 Å². The quantitative estimate of drug-likeness (QED) is 0.850. The second kappa shape index (κ2) is 5.55. The molecule has 1 aromatic carbocycles. The minimum Gasteiger partial charge on any atom is -0.374 e. The van der Waals surface area contributed by atoms with E-state index >= 15 is 0 Å². The Kier molecular flexibility index (Phi) is 3.72. The van der Waals surface area contributed by atoms with Crippen LogP contribution in [0, 0.1) is 0 Å². The van der Waals surface area contributed by atoms with Crippen LogP contribution in [0.25, 0.3) is 11.1 Å². The lowest BCUT2D eigenvalue weighted by Gasteiger charge is -2.29. The molecule has 116 valence electrons. The average molecular weight is 304 g/mol. The Morgan fingerprint density at radius 2 is 1.95 bits per heavy atom. The van der Waals surface area contributed by atoms with Gasteiger partial charge in [0, 0.05) is 44.2 Å². The lowest BCUT2D eigenvalue weighted by molar-refractivity contribution is 0.152. The van der Waals surface area contributed by atoms with E-state index in [1.54, 1.807) is 25.4 Å². The number of halogens is 2. The van der Waals surface area contributed by atoms with Crippen molar-refractivity contribution in [2.24, 2.45) is 7.05 Å². The van der Waals surface area contributed by atoms with E-state index in [9.17, 15) is 13.6 Å². The van der Waals surface area contributed by atoms with Gasteiger partial charge in [-0.15, -0.1) is 0 Å².